The van der Waals surface area contributed by atoms with Crippen LogP contribution in [-0.4, -0.2) is 52.8 Å². The summed E-state index contributed by atoms with van der Waals surface area (Å²) in [5, 5.41) is 5.58. The van der Waals surface area contributed by atoms with Crippen LogP contribution in [0.15, 0.2) is 18.3 Å². The highest BCUT2D eigenvalue weighted by atomic mass is 16.2. The van der Waals surface area contributed by atoms with E-state index in [1.165, 1.54) is 0 Å². The number of carbonyl (C=O) groups excluding carboxylic acids is 3. The quantitative estimate of drug-likeness (QED) is 0.821. The summed E-state index contributed by atoms with van der Waals surface area (Å²) in [6.07, 6.45) is 3.23. The standard InChI is InChI=1S/C16H20N4O3/c1-10-2-3-11(8-17-10)16(23)20-7-6-12(9-20)18-15(22)13-4-5-14(21)19-13/h2-3,8,12-13H,4-7,9H2,1H3,(H,18,22)(H,19,21)/t12-,13-/m1/s1. The predicted octanol–water partition coefficient (Wildman–Crippen LogP) is -0.000680. The van der Waals surface area contributed by atoms with E-state index in [1.54, 1.807) is 17.2 Å². The lowest BCUT2D eigenvalue weighted by Crippen LogP contribution is -2.47. The fraction of sp³-hybridized carbons (Fsp3) is 0.500. The van der Waals surface area contributed by atoms with Crippen molar-refractivity contribution in [1.29, 1.82) is 0 Å². The van der Waals surface area contributed by atoms with Crippen LogP contribution in [-0.2, 0) is 9.59 Å². The number of rotatable bonds is 3. The molecule has 7 heteroatoms. The molecule has 0 saturated carbocycles. The molecule has 2 aliphatic rings. The maximum absolute atomic E-state index is 12.4. The molecule has 0 aliphatic carbocycles. The van der Waals surface area contributed by atoms with Gasteiger partial charge in [0, 0.05) is 37.4 Å². The fourth-order valence-corrected chi connectivity index (χ4v) is 2.95. The first-order valence-electron chi connectivity index (χ1n) is 7.84. The number of nitrogens with one attached hydrogen (secondary N) is 2. The van der Waals surface area contributed by atoms with Gasteiger partial charge in [-0.25, -0.2) is 0 Å². The molecule has 0 bridgehead atoms. The van der Waals surface area contributed by atoms with E-state index >= 15 is 0 Å². The summed E-state index contributed by atoms with van der Waals surface area (Å²) in [7, 11) is 0. The van der Waals surface area contributed by atoms with Gasteiger partial charge in [0.2, 0.25) is 11.8 Å². The third kappa shape index (κ3) is 3.49. The average molecular weight is 316 g/mol. The van der Waals surface area contributed by atoms with Gasteiger partial charge in [0.25, 0.3) is 5.91 Å². The molecule has 3 amide bonds. The van der Waals surface area contributed by atoms with Crippen LogP contribution in [0, 0.1) is 6.92 Å². The van der Waals surface area contributed by atoms with Gasteiger partial charge in [-0.3, -0.25) is 19.4 Å². The molecule has 2 saturated heterocycles. The minimum absolute atomic E-state index is 0.0663. The third-order valence-corrected chi connectivity index (χ3v) is 4.29. The lowest BCUT2D eigenvalue weighted by Gasteiger charge is -2.18. The van der Waals surface area contributed by atoms with E-state index in [0.29, 0.717) is 31.5 Å². The van der Waals surface area contributed by atoms with Crippen molar-refractivity contribution >= 4 is 17.7 Å². The minimum Gasteiger partial charge on any atom is -0.350 e. The number of likely N-dealkylation sites (tertiary alicyclic amines) is 1. The highest BCUT2D eigenvalue weighted by Gasteiger charge is 2.32. The van der Waals surface area contributed by atoms with E-state index < -0.39 is 6.04 Å². The number of amides is 3. The van der Waals surface area contributed by atoms with Crippen LogP contribution < -0.4 is 10.6 Å². The van der Waals surface area contributed by atoms with Crippen molar-refractivity contribution in [2.45, 2.75) is 38.3 Å². The van der Waals surface area contributed by atoms with E-state index in [1.807, 2.05) is 13.0 Å². The lowest BCUT2D eigenvalue weighted by molar-refractivity contribution is -0.126. The molecule has 0 spiro atoms. The van der Waals surface area contributed by atoms with Crippen molar-refractivity contribution in [2.24, 2.45) is 0 Å². The zero-order valence-corrected chi connectivity index (χ0v) is 13.0. The molecule has 122 valence electrons. The first kappa shape index (κ1) is 15.5. The van der Waals surface area contributed by atoms with E-state index in [2.05, 4.69) is 15.6 Å². The van der Waals surface area contributed by atoms with Gasteiger partial charge in [0.15, 0.2) is 0 Å². The Morgan fingerprint density at radius 1 is 1.35 bits per heavy atom. The van der Waals surface area contributed by atoms with Crippen LogP contribution in [0.5, 0.6) is 0 Å². The van der Waals surface area contributed by atoms with Gasteiger partial charge in [-0.2, -0.15) is 0 Å². The number of nitrogens with zero attached hydrogens (tertiary/aromatic N) is 2. The molecular weight excluding hydrogens is 296 g/mol. The van der Waals surface area contributed by atoms with Crippen molar-refractivity contribution in [1.82, 2.24) is 20.5 Å². The minimum atomic E-state index is -0.437. The van der Waals surface area contributed by atoms with Crippen LogP contribution in [0.2, 0.25) is 0 Å². The second kappa shape index (κ2) is 6.36. The molecule has 2 atom stereocenters. The van der Waals surface area contributed by atoms with Gasteiger partial charge in [0.05, 0.1) is 5.56 Å². The third-order valence-electron chi connectivity index (χ3n) is 4.29. The molecule has 3 heterocycles. The van der Waals surface area contributed by atoms with Gasteiger partial charge >= 0.3 is 0 Å². The Labute approximate surface area is 134 Å². The van der Waals surface area contributed by atoms with E-state index in [0.717, 1.165) is 12.1 Å². The number of aromatic nitrogens is 1. The molecule has 0 unspecified atom stereocenters. The lowest BCUT2D eigenvalue weighted by atomic mass is 10.2. The number of carbonyl (C=O) groups is 3. The predicted molar refractivity (Wildman–Crippen MR) is 82.6 cm³/mol. The van der Waals surface area contributed by atoms with E-state index in [4.69, 9.17) is 0 Å². The van der Waals surface area contributed by atoms with Gasteiger partial charge in [0.1, 0.15) is 6.04 Å². The van der Waals surface area contributed by atoms with Crippen LogP contribution in [0.4, 0.5) is 0 Å². The maximum atomic E-state index is 12.4. The summed E-state index contributed by atoms with van der Waals surface area (Å²) >= 11 is 0. The zero-order chi connectivity index (χ0) is 16.4. The topological polar surface area (TPSA) is 91.4 Å². The first-order chi connectivity index (χ1) is 11.0. The molecule has 1 aromatic heterocycles. The van der Waals surface area contributed by atoms with Crippen molar-refractivity contribution in [3.63, 3.8) is 0 Å². The molecule has 2 aliphatic heterocycles. The number of aryl methyl sites for hydroxylation is 1. The number of hydrogen-bond donors (Lipinski definition) is 2. The molecule has 2 fully saturated rings. The van der Waals surface area contributed by atoms with E-state index in [9.17, 15) is 14.4 Å². The van der Waals surface area contributed by atoms with Crippen molar-refractivity contribution in [3.05, 3.63) is 29.6 Å². The molecule has 2 N–H and O–H groups in total. The highest BCUT2D eigenvalue weighted by Crippen LogP contribution is 2.15. The summed E-state index contributed by atoms with van der Waals surface area (Å²) in [6.45, 7) is 2.96. The normalized spacial score (nSPS) is 23.7. The first-order valence-corrected chi connectivity index (χ1v) is 7.84. The highest BCUT2D eigenvalue weighted by molar-refractivity contribution is 5.94. The molecular formula is C16H20N4O3. The Hall–Kier alpha value is -2.44. The van der Waals surface area contributed by atoms with Gasteiger partial charge in [-0.1, -0.05) is 0 Å². The zero-order valence-electron chi connectivity index (χ0n) is 13.0. The Morgan fingerprint density at radius 2 is 2.17 bits per heavy atom. The Morgan fingerprint density at radius 3 is 2.83 bits per heavy atom. The molecule has 0 aromatic carbocycles. The second-order valence-electron chi connectivity index (χ2n) is 6.09. The number of hydrogen-bond acceptors (Lipinski definition) is 4. The average Bonchev–Trinajstić information content (AvgIpc) is 3.16. The van der Waals surface area contributed by atoms with Crippen molar-refractivity contribution in [2.75, 3.05) is 13.1 Å². The summed E-state index contributed by atoms with van der Waals surface area (Å²) < 4.78 is 0. The number of pyridine rings is 1. The van der Waals surface area contributed by atoms with Crippen LogP contribution in [0.1, 0.15) is 35.3 Å². The summed E-state index contributed by atoms with van der Waals surface area (Å²) in [5.74, 6) is -0.309. The van der Waals surface area contributed by atoms with Gasteiger partial charge in [-0.05, 0) is 31.9 Å². The van der Waals surface area contributed by atoms with Gasteiger partial charge in [-0.15, -0.1) is 0 Å². The second-order valence-corrected chi connectivity index (χ2v) is 6.09. The monoisotopic (exact) mass is 316 g/mol. The summed E-state index contributed by atoms with van der Waals surface area (Å²) in [6, 6.07) is 3.08. The van der Waals surface area contributed by atoms with E-state index in [-0.39, 0.29) is 23.8 Å². The largest absolute Gasteiger partial charge is 0.350 e. The molecule has 1 aromatic rings. The maximum Gasteiger partial charge on any atom is 0.255 e. The Bertz CT molecular complexity index is 629. The Balaban J connectivity index is 1.54. The SMILES string of the molecule is Cc1ccc(C(=O)N2CC[C@@H](NC(=O)[C@H]3CCC(=O)N3)C2)cn1. The Kier molecular flexibility index (Phi) is 4.27. The fourth-order valence-electron chi connectivity index (χ4n) is 2.95. The van der Waals surface area contributed by atoms with Crippen molar-refractivity contribution < 1.29 is 14.4 Å². The van der Waals surface area contributed by atoms with Crippen LogP contribution >= 0.6 is 0 Å². The van der Waals surface area contributed by atoms with Crippen LogP contribution in [0.25, 0.3) is 0 Å². The van der Waals surface area contributed by atoms with Crippen molar-refractivity contribution in [3.8, 4) is 0 Å². The smallest absolute Gasteiger partial charge is 0.255 e. The van der Waals surface area contributed by atoms with Crippen LogP contribution in [0.3, 0.4) is 0 Å². The molecule has 7 nitrogen and oxygen atoms in total. The molecule has 23 heavy (non-hydrogen) atoms. The van der Waals surface area contributed by atoms with Gasteiger partial charge < -0.3 is 15.5 Å². The molecule has 3 rings (SSSR count). The molecule has 0 radical (unpaired) electrons. The summed E-state index contributed by atoms with van der Waals surface area (Å²) in [5.41, 5.74) is 1.43. The summed E-state index contributed by atoms with van der Waals surface area (Å²) in [4.78, 5) is 41.5.